The first kappa shape index (κ1) is 17.5. The Labute approximate surface area is 151 Å². The van der Waals surface area contributed by atoms with Crippen molar-refractivity contribution in [3.05, 3.63) is 52.6 Å². The van der Waals surface area contributed by atoms with Crippen molar-refractivity contribution in [3.63, 3.8) is 0 Å². The molecule has 25 heavy (non-hydrogen) atoms. The standard InChI is InChI=1S/C15H13N3O4S3/c1-10-16-12(9-23-10)13-3-5-15(24-13)25(21,22)18-7-6-11(8-18)2-4-14(19)17-20/h2-9,20H,1H3,(H,17,19)/b4-2+. The average molecular weight is 395 g/mol. The van der Waals surface area contributed by atoms with E-state index in [4.69, 9.17) is 5.21 Å². The van der Waals surface area contributed by atoms with E-state index in [2.05, 4.69) is 4.98 Å². The first-order valence-electron chi connectivity index (χ1n) is 6.98. The summed E-state index contributed by atoms with van der Waals surface area (Å²) in [6.45, 7) is 1.89. The Balaban J connectivity index is 1.87. The van der Waals surface area contributed by atoms with E-state index in [1.165, 1.54) is 35.3 Å². The zero-order valence-corrected chi connectivity index (χ0v) is 15.4. The zero-order chi connectivity index (χ0) is 18.0. The second-order valence-corrected chi connectivity index (χ2v) is 9.18. The predicted molar refractivity (Wildman–Crippen MR) is 96.1 cm³/mol. The number of amides is 1. The average Bonchev–Trinajstić information content (AvgIpc) is 3.32. The lowest BCUT2D eigenvalue weighted by Crippen LogP contribution is -2.14. The highest BCUT2D eigenvalue weighted by Crippen LogP contribution is 2.32. The summed E-state index contributed by atoms with van der Waals surface area (Å²) in [5.41, 5.74) is 2.74. The van der Waals surface area contributed by atoms with Gasteiger partial charge in [0.05, 0.1) is 15.6 Å². The lowest BCUT2D eigenvalue weighted by molar-refractivity contribution is -0.124. The van der Waals surface area contributed by atoms with Crippen LogP contribution in [-0.2, 0) is 14.8 Å². The van der Waals surface area contributed by atoms with Gasteiger partial charge in [0.2, 0.25) is 0 Å². The molecule has 0 saturated carbocycles. The Morgan fingerprint density at radius 3 is 2.84 bits per heavy atom. The molecule has 0 radical (unpaired) electrons. The Kier molecular flexibility index (Phi) is 4.86. The minimum Gasteiger partial charge on any atom is -0.288 e. The maximum Gasteiger partial charge on any atom is 0.277 e. The molecule has 10 heteroatoms. The molecule has 130 valence electrons. The molecule has 1 amide bonds. The third-order valence-corrected chi connectivity index (χ3v) is 7.20. The van der Waals surface area contributed by atoms with Crippen molar-refractivity contribution in [3.8, 4) is 10.6 Å². The van der Waals surface area contributed by atoms with Gasteiger partial charge in [0, 0.05) is 23.8 Å². The van der Waals surface area contributed by atoms with Crippen LogP contribution in [0.15, 0.2) is 46.3 Å². The molecule has 3 heterocycles. The molecule has 0 aliphatic rings. The third kappa shape index (κ3) is 3.71. The van der Waals surface area contributed by atoms with Gasteiger partial charge in [-0.25, -0.2) is 14.4 Å². The van der Waals surface area contributed by atoms with Crippen LogP contribution in [0.5, 0.6) is 0 Å². The summed E-state index contributed by atoms with van der Waals surface area (Å²) in [6.07, 6.45) is 5.29. The summed E-state index contributed by atoms with van der Waals surface area (Å²) in [7, 11) is -3.72. The predicted octanol–water partition coefficient (Wildman–Crippen LogP) is 2.74. The molecule has 0 saturated heterocycles. The van der Waals surface area contributed by atoms with Gasteiger partial charge >= 0.3 is 0 Å². The van der Waals surface area contributed by atoms with Crippen LogP contribution in [0.2, 0.25) is 0 Å². The smallest absolute Gasteiger partial charge is 0.277 e. The number of thiazole rings is 1. The topological polar surface area (TPSA) is 101 Å². The van der Waals surface area contributed by atoms with Crippen molar-refractivity contribution >= 4 is 44.7 Å². The van der Waals surface area contributed by atoms with Crippen LogP contribution >= 0.6 is 22.7 Å². The fourth-order valence-corrected chi connectivity index (χ4v) is 5.29. The Morgan fingerprint density at radius 1 is 1.36 bits per heavy atom. The van der Waals surface area contributed by atoms with E-state index in [9.17, 15) is 13.2 Å². The Morgan fingerprint density at radius 2 is 2.16 bits per heavy atom. The molecule has 3 aromatic rings. The van der Waals surface area contributed by atoms with Crippen LogP contribution < -0.4 is 5.48 Å². The summed E-state index contributed by atoms with van der Waals surface area (Å²) < 4.78 is 26.7. The van der Waals surface area contributed by atoms with Gasteiger partial charge in [-0.1, -0.05) is 0 Å². The van der Waals surface area contributed by atoms with Crippen molar-refractivity contribution in [1.29, 1.82) is 0 Å². The number of hydrogen-bond donors (Lipinski definition) is 2. The molecule has 0 atom stereocenters. The molecular formula is C15H13N3O4S3. The number of hydrogen-bond acceptors (Lipinski definition) is 7. The van der Waals surface area contributed by atoms with Gasteiger partial charge in [-0.2, -0.15) is 8.42 Å². The number of aryl methyl sites for hydroxylation is 1. The molecule has 0 aliphatic carbocycles. The fourth-order valence-electron chi connectivity index (χ4n) is 2.03. The molecule has 3 aromatic heterocycles. The lowest BCUT2D eigenvalue weighted by Gasteiger charge is -2.01. The van der Waals surface area contributed by atoms with Gasteiger partial charge in [-0.3, -0.25) is 10.0 Å². The minimum absolute atomic E-state index is 0.201. The summed E-state index contributed by atoms with van der Waals surface area (Å²) in [4.78, 5) is 16.1. The molecule has 7 nitrogen and oxygen atoms in total. The summed E-state index contributed by atoms with van der Waals surface area (Å²) >= 11 is 2.66. The van der Waals surface area contributed by atoms with Gasteiger partial charge < -0.3 is 0 Å². The van der Waals surface area contributed by atoms with E-state index in [1.807, 2.05) is 12.3 Å². The number of carbonyl (C=O) groups is 1. The normalized spacial score (nSPS) is 11.9. The van der Waals surface area contributed by atoms with Gasteiger partial charge in [0.1, 0.15) is 4.21 Å². The lowest BCUT2D eigenvalue weighted by atomic mass is 10.3. The third-order valence-electron chi connectivity index (χ3n) is 3.21. The monoisotopic (exact) mass is 395 g/mol. The number of aromatic nitrogens is 2. The number of thiophene rings is 1. The van der Waals surface area contributed by atoms with Gasteiger partial charge in [0.25, 0.3) is 15.9 Å². The Bertz CT molecular complexity index is 1040. The van der Waals surface area contributed by atoms with Crippen LogP contribution in [0.3, 0.4) is 0 Å². The highest BCUT2D eigenvalue weighted by Gasteiger charge is 2.20. The van der Waals surface area contributed by atoms with Crippen LogP contribution in [-0.4, -0.2) is 28.5 Å². The molecule has 3 rings (SSSR count). The van der Waals surface area contributed by atoms with Crippen LogP contribution in [0.4, 0.5) is 0 Å². The highest BCUT2D eigenvalue weighted by molar-refractivity contribution is 7.92. The van der Waals surface area contributed by atoms with Crippen molar-refractivity contribution < 1.29 is 18.4 Å². The molecule has 0 aromatic carbocycles. The number of carbonyl (C=O) groups excluding carboxylic acids is 1. The first-order valence-corrected chi connectivity index (χ1v) is 10.1. The molecular weight excluding hydrogens is 382 g/mol. The van der Waals surface area contributed by atoms with E-state index in [1.54, 1.807) is 18.2 Å². The second kappa shape index (κ2) is 6.92. The van der Waals surface area contributed by atoms with E-state index < -0.39 is 15.9 Å². The first-order chi connectivity index (χ1) is 11.9. The highest BCUT2D eigenvalue weighted by atomic mass is 32.2. The largest absolute Gasteiger partial charge is 0.288 e. The van der Waals surface area contributed by atoms with Crippen LogP contribution in [0.1, 0.15) is 10.6 Å². The summed E-state index contributed by atoms with van der Waals surface area (Å²) in [5, 5.41) is 11.2. The molecule has 0 unspecified atom stereocenters. The number of hydroxylamine groups is 1. The van der Waals surface area contributed by atoms with Crippen molar-refractivity contribution in [1.82, 2.24) is 14.4 Å². The minimum atomic E-state index is -3.72. The van der Waals surface area contributed by atoms with Gasteiger partial charge in [-0.05, 0) is 36.8 Å². The number of nitrogens with zero attached hydrogens (tertiary/aromatic N) is 2. The van der Waals surface area contributed by atoms with Crippen LogP contribution in [0.25, 0.3) is 16.6 Å². The molecule has 2 N–H and O–H groups in total. The van der Waals surface area contributed by atoms with E-state index >= 15 is 0 Å². The molecule has 0 spiro atoms. The van der Waals surface area contributed by atoms with Crippen LogP contribution in [0, 0.1) is 6.92 Å². The molecule has 0 bridgehead atoms. The Hall–Kier alpha value is -2.27. The van der Waals surface area contributed by atoms with E-state index in [0.29, 0.717) is 5.56 Å². The molecule has 0 fully saturated rings. The van der Waals surface area contributed by atoms with Gasteiger partial charge in [-0.15, -0.1) is 22.7 Å². The van der Waals surface area contributed by atoms with E-state index in [-0.39, 0.29) is 4.21 Å². The second-order valence-electron chi connectivity index (χ2n) is 4.96. The number of rotatable bonds is 5. The SMILES string of the molecule is Cc1nc(-c2ccc(S(=O)(=O)n3ccc(/C=C/C(=O)NO)c3)s2)cs1. The maximum atomic E-state index is 12.7. The summed E-state index contributed by atoms with van der Waals surface area (Å²) in [6, 6.07) is 4.84. The maximum absolute atomic E-state index is 12.7. The van der Waals surface area contributed by atoms with Crippen molar-refractivity contribution in [2.24, 2.45) is 0 Å². The summed E-state index contributed by atoms with van der Waals surface area (Å²) in [5.74, 6) is -0.697. The fraction of sp³-hybridized carbons (Fsp3) is 0.0667. The molecule has 0 aliphatic heterocycles. The van der Waals surface area contributed by atoms with Crippen molar-refractivity contribution in [2.75, 3.05) is 0 Å². The quantitative estimate of drug-likeness (QED) is 0.393. The van der Waals surface area contributed by atoms with Crippen molar-refractivity contribution in [2.45, 2.75) is 11.1 Å². The van der Waals surface area contributed by atoms with Gasteiger partial charge in [0.15, 0.2) is 0 Å². The zero-order valence-electron chi connectivity index (χ0n) is 12.9. The van der Waals surface area contributed by atoms with E-state index in [0.717, 1.165) is 37.0 Å². The number of nitrogens with one attached hydrogen (secondary N) is 1.